The number of unbranched alkanes of at least 4 members (excludes halogenated alkanes) is 2. The maximum atomic E-state index is 12.2. The second kappa shape index (κ2) is 7.56. The number of carbonyl (C=O) groups is 2. The molecule has 0 saturated heterocycles. The molecule has 1 aliphatic rings. The van der Waals surface area contributed by atoms with Crippen LogP contribution in [0.25, 0.3) is 0 Å². The van der Waals surface area contributed by atoms with Crippen molar-refractivity contribution in [3.63, 3.8) is 0 Å². The molecule has 0 aromatic heterocycles. The minimum absolute atomic E-state index is 0.0477. The summed E-state index contributed by atoms with van der Waals surface area (Å²) in [6.45, 7) is 2.30. The molecule has 8 heteroatoms. The van der Waals surface area contributed by atoms with E-state index in [1.54, 1.807) is 6.07 Å². The van der Waals surface area contributed by atoms with Crippen LogP contribution in [-0.4, -0.2) is 33.3 Å². The van der Waals surface area contributed by atoms with Crippen molar-refractivity contribution in [1.82, 2.24) is 10.0 Å². The molecule has 2 rings (SSSR count). The lowest BCUT2D eigenvalue weighted by molar-refractivity contribution is -0.120. The van der Waals surface area contributed by atoms with Crippen molar-refractivity contribution in [1.29, 1.82) is 0 Å². The molecule has 1 aromatic carbocycles. The van der Waals surface area contributed by atoms with Gasteiger partial charge in [-0.15, -0.1) is 0 Å². The summed E-state index contributed by atoms with van der Waals surface area (Å²) in [5, 5.41) is 5.31. The average molecular weight is 339 g/mol. The van der Waals surface area contributed by atoms with Gasteiger partial charge in [0.1, 0.15) is 0 Å². The predicted molar refractivity (Wildman–Crippen MR) is 86.5 cm³/mol. The van der Waals surface area contributed by atoms with E-state index in [2.05, 4.69) is 22.3 Å². The van der Waals surface area contributed by atoms with Crippen LogP contribution in [0.5, 0.6) is 0 Å². The van der Waals surface area contributed by atoms with Gasteiger partial charge in [-0.1, -0.05) is 19.8 Å². The molecule has 0 aliphatic carbocycles. The monoisotopic (exact) mass is 339 g/mol. The van der Waals surface area contributed by atoms with Crippen molar-refractivity contribution < 1.29 is 18.0 Å². The van der Waals surface area contributed by atoms with Crippen LogP contribution in [0.15, 0.2) is 23.1 Å². The van der Waals surface area contributed by atoms with Gasteiger partial charge in [0, 0.05) is 12.2 Å². The Kier molecular flexibility index (Phi) is 5.73. The maximum Gasteiger partial charge on any atom is 0.241 e. The zero-order valence-corrected chi connectivity index (χ0v) is 13.8. The van der Waals surface area contributed by atoms with E-state index in [0.717, 1.165) is 19.3 Å². The molecule has 2 amide bonds. The Morgan fingerprint density at radius 2 is 2.09 bits per heavy atom. The van der Waals surface area contributed by atoms with Gasteiger partial charge in [-0.2, -0.15) is 0 Å². The third-order valence-electron chi connectivity index (χ3n) is 3.54. The second-order valence-electron chi connectivity index (χ2n) is 5.43. The van der Waals surface area contributed by atoms with Gasteiger partial charge in [-0.25, -0.2) is 13.1 Å². The first-order valence-corrected chi connectivity index (χ1v) is 9.10. The van der Waals surface area contributed by atoms with Crippen molar-refractivity contribution in [3.8, 4) is 0 Å². The van der Waals surface area contributed by atoms with E-state index in [-0.39, 0.29) is 29.7 Å². The van der Waals surface area contributed by atoms with E-state index in [4.69, 9.17) is 0 Å². The lowest BCUT2D eigenvalue weighted by atomic mass is 10.2. The molecular formula is C15H21N3O4S. The number of amides is 2. The summed E-state index contributed by atoms with van der Waals surface area (Å²) in [4.78, 5) is 23.0. The first-order valence-electron chi connectivity index (χ1n) is 7.61. The topological polar surface area (TPSA) is 104 Å². The summed E-state index contributed by atoms with van der Waals surface area (Å²) < 4.78 is 26.7. The highest BCUT2D eigenvalue weighted by Crippen LogP contribution is 2.25. The van der Waals surface area contributed by atoms with E-state index in [9.17, 15) is 18.0 Å². The van der Waals surface area contributed by atoms with Crippen molar-refractivity contribution in [2.45, 2.75) is 37.5 Å². The Balaban J connectivity index is 1.91. The lowest BCUT2D eigenvalue weighted by Gasteiger charge is -2.09. The molecule has 0 saturated carbocycles. The molecule has 0 atom stereocenters. The van der Waals surface area contributed by atoms with Crippen LogP contribution < -0.4 is 15.4 Å². The van der Waals surface area contributed by atoms with E-state index in [1.165, 1.54) is 12.1 Å². The maximum absolute atomic E-state index is 12.2. The van der Waals surface area contributed by atoms with Crippen LogP contribution >= 0.6 is 0 Å². The number of anilines is 1. The largest absolute Gasteiger partial charge is 0.355 e. The molecule has 3 N–H and O–H groups in total. The Hall–Kier alpha value is -1.93. The van der Waals surface area contributed by atoms with E-state index < -0.39 is 10.0 Å². The Morgan fingerprint density at radius 3 is 2.83 bits per heavy atom. The minimum Gasteiger partial charge on any atom is -0.355 e. The van der Waals surface area contributed by atoms with Gasteiger partial charge in [-0.05, 0) is 30.2 Å². The van der Waals surface area contributed by atoms with Crippen molar-refractivity contribution in [2.75, 3.05) is 18.4 Å². The summed E-state index contributed by atoms with van der Waals surface area (Å²) in [5.74, 6) is -0.517. The molecule has 0 radical (unpaired) electrons. The molecule has 1 heterocycles. The number of carbonyl (C=O) groups excluding carboxylic acids is 2. The van der Waals surface area contributed by atoms with E-state index >= 15 is 0 Å². The van der Waals surface area contributed by atoms with Gasteiger partial charge < -0.3 is 10.6 Å². The number of fused-ring (bicyclic) bond motifs is 1. The number of nitrogens with one attached hydrogen (secondary N) is 3. The van der Waals surface area contributed by atoms with Gasteiger partial charge in [-0.3, -0.25) is 9.59 Å². The van der Waals surface area contributed by atoms with Crippen LogP contribution in [0.2, 0.25) is 0 Å². The fourth-order valence-corrected chi connectivity index (χ4v) is 3.31. The highest BCUT2D eigenvalue weighted by Gasteiger charge is 2.22. The van der Waals surface area contributed by atoms with Crippen LogP contribution in [-0.2, 0) is 26.0 Å². The molecule has 1 aliphatic heterocycles. The van der Waals surface area contributed by atoms with Gasteiger partial charge in [0.05, 0.1) is 17.9 Å². The smallest absolute Gasteiger partial charge is 0.241 e. The standard InChI is InChI=1S/C15H21N3O4S/c1-2-3-4-7-16-15(20)10-17-23(21,22)12-5-6-13-11(8-12)9-14(19)18-13/h5-6,8,17H,2-4,7,9-10H2,1H3,(H,16,20)(H,18,19). The summed E-state index contributed by atoms with van der Waals surface area (Å²) >= 11 is 0. The van der Waals surface area contributed by atoms with Crippen LogP contribution in [0.1, 0.15) is 31.7 Å². The molecular weight excluding hydrogens is 318 g/mol. The Bertz CT molecular complexity index is 701. The van der Waals surface area contributed by atoms with Crippen molar-refractivity contribution in [2.24, 2.45) is 0 Å². The van der Waals surface area contributed by atoms with Gasteiger partial charge in [0.25, 0.3) is 0 Å². The highest BCUT2D eigenvalue weighted by atomic mass is 32.2. The summed E-state index contributed by atoms with van der Waals surface area (Å²) in [6, 6.07) is 4.42. The molecule has 0 unspecified atom stereocenters. The van der Waals surface area contributed by atoms with Crippen molar-refractivity contribution in [3.05, 3.63) is 23.8 Å². The van der Waals surface area contributed by atoms with Crippen LogP contribution in [0, 0.1) is 0 Å². The Morgan fingerprint density at radius 1 is 1.30 bits per heavy atom. The van der Waals surface area contributed by atoms with E-state index in [1.807, 2.05) is 0 Å². The minimum atomic E-state index is -3.78. The normalized spacial score (nSPS) is 13.5. The van der Waals surface area contributed by atoms with Gasteiger partial charge in [0.15, 0.2) is 0 Å². The third-order valence-corrected chi connectivity index (χ3v) is 4.94. The number of hydrogen-bond acceptors (Lipinski definition) is 4. The summed E-state index contributed by atoms with van der Waals surface area (Å²) in [5.41, 5.74) is 1.27. The quantitative estimate of drug-likeness (QED) is 0.608. The zero-order valence-electron chi connectivity index (χ0n) is 13.0. The fraction of sp³-hybridized carbons (Fsp3) is 0.467. The van der Waals surface area contributed by atoms with Crippen LogP contribution in [0.4, 0.5) is 5.69 Å². The SMILES string of the molecule is CCCCCNC(=O)CNS(=O)(=O)c1ccc2c(c1)CC(=O)N2. The number of sulfonamides is 1. The summed E-state index contributed by atoms with van der Waals surface area (Å²) in [7, 11) is -3.78. The molecule has 0 bridgehead atoms. The predicted octanol–water partition coefficient (Wildman–Crippen LogP) is 0.766. The zero-order chi connectivity index (χ0) is 16.9. The van der Waals surface area contributed by atoms with Crippen molar-refractivity contribution >= 4 is 27.5 Å². The summed E-state index contributed by atoms with van der Waals surface area (Å²) in [6.07, 6.45) is 3.11. The molecule has 23 heavy (non-hydrogen) atoms. The lowest BCUT2D eigenvalue weighted by Crippen LogP contribution is -2.37. The molecule has 7 nitrogen and oxygen atoms in total. The highest BCUT2D eigenvalue weighted by molar-refractivity contribution is 7.89. The second-order valence-corrected chi connectivity index (χ2v) is 7.19. The Labute approximate surface area is 135 Å². The van der Waals surface area contributed by atoms with Crippen LogP contribution in [0.3, 0.4) is 0 Å². The number of hydrogen-bond donors (Lipinski definition) is 3. The average Bonchev–Trinajstić information content (AvgIpc) is 2.88. The first-order chi connectivity index (χ1) is 10.9. The van der Waals surface area contributed by atoms with Gasteiger partial charge >= 0.3 is 0 Å². The number of rotatable bonds is 8. The molecule has 1 aromatic rings. The number of benzene rings is 1. The van der Waals surface area contributed by atoms with E-state index in [0.29, 0.717) is 17.8 Å². The van der Waals surface area contributed by atoms with Gasteiger partial charge in [0.2, 0.25) is 21.8 Å². The fourth-order valence-electron chi connectivity index (χ4n) is 2.28. The first kappa shape index (κ1) is 17.4. The molecule has 0 fully saturated rings. The molecule has 126 valence electrons. The molecule has 0 spiro atoms. The third kappa shape index (κ3) is 4.77.